The summed E-state index contributed by atoms with van der Waals surface area (Å²) in [5.41, 5.74) is -1.94. The number of rotatable bonds is 6. The fourth-order valence-electron chi connectivity index (χ4n) is 2.63. The molecule has 0 saturated carbocycles. The first-order valence-corrected chi connectivity index (χ1v) is 8.95. The van der Waals surface area contributed by atoms with Crippen LogP contribution in [0.1, 0.15) is 33.2 Å². The molecule has 9 heteroatoms. The maximum absolute atomic E-state index is 13.9. The summed E-state index contributed by atoms with van der Waals surface area (Å²) in [6, 6.07) is 14.3. The highest BCUT2D eigenvalue weighted by Crippen LogP contribution is 2.10. The van der Waals surface area contributed by atoms with Gasteiger partial charge in [-0.3, -0.25) is 9.59 Å². The van der Waals surface area contributed by atoms with Crippen LogP contribution in [0.15, 0.2) is 70.4 Å². The number of carbonyl (C=O) groups is 2. The standard InChI is InChI=1S/C21H17FN2O6/c1-2-30-23-12-17(22)19(26)24(21(23)28)18(25)15-9-6-10-16(11-15)20(27)29-13-14-7-4-3-5-8-14/h3-12H,2,13H2,1H3. The van der Waals surface area contributed by atoms with Crippen LogP contribution in [-0.2, 0) is 11.3 Å². The van der Waals surface area contributed by atoms with E-state index in [1.807, 2.05) is 6.07 Å². The zero-order valence-corrected chi connectivity index (χ0v) is 15.9. The molecule has 30 heavy (non-hydrogen) atoms. The van der Waals surface area contributed by atoms with E-state index in [2.05, 4.69) is 0 Å². The SMILES string of the molecule is CCOn1cc(F)c(=O)n(C(=O)c2cccc(C(=O)OCc3ccccc3)c2)c1=O. The van der Waals surface area contributed by atoms with E-state index in [1.165, 1.54) is 18.2 Å². The molecule has 154 valence electrons. The van der Waals surface area contributed by atoms with Gasteiger partial charge in [-0.2, -0.15) is 8.96 Å². The maximum atomic E-state index is 13.9. The van der Waals surface area contributed by atoms with Gasteiger partial charge in [0.1, 0.15) is 13.2 Å². The van der Waals surface area contributed by atoms with Crippen molar-refractivity contribution in [2.24, 2.45) is 0 Å². The first-order chi connectivity index (χ1) is 14.4. The minimum absolute atomic E-state index is 0.00841. The van der Waals surface area contributed by atoms with Crippen molar-refractivity contribution in [2.75, 3.05) is 6.61 Å². The van der Waals surface area contributed by atoms with Gasteiger partial charge in [-0.05, 0) is 30.7 Å². The fourth-order valence-corrected chi connectivity index (χ4v) is 2.63. The molecule has 0 aliphatic heterocycles. The van der Waals surface area contributed by atoms with Crippen LogP contribution in [0, 0.1) is 5.82 Å². The summed E-state index contributed by atoms with van der Waals surface area (Å²) in [6.07, 6.45) is 0.565. The number of hydrogen-bond acceptors (Lipinski definition) is 6. The van der Waals surface area contributed by atoms with Gasteiger partial charge >= 0.3 is 11.7 Å². The lowest BCUT2D eigenvalue weighted by atomic mass is 10.1. The number of halogens is 1. The van der Waals surface area contributed by atoms with Gasteiger partial charge in [-0.25, -0.2) is 9.59 Å². The molecule has 0 bridgehead atoms. The molecule has 0 spiro atoms. The largest absolute Gasteiger partial charge is 0.457 e. The van der Waals surface area contributed by atoms with Crippen molar-refractivity contribution in [3.05, 3.63) is 104 Å². The number of hydrogen-bond donors (Lipinski definition) is 0. The maximum Gasteiger partial charge on any atom is 0.371 e. The fraction of sp³-hybridized carbons (Fsp3) is 0.143. The zero-order valence-electron chi connectivity index (χ0n) is 15.9. The normalized spacial score (nSPS) is 10.5. The van der Waals surface area contributed by atoms with E-state index < -0.39 is 28.9 Å². The Morgan fingerprint density at radius 1 is 1.00 bits per heavy atom. The molecule has 3 rings (SSSR count). The number of nitrogens with zero attached hydrogens (tertiary/aromatic N) is 2. The first-order valence-electron chi connectivity index (χ1n) is 8.95. The lowest BCUT2D eigenvalue weighted by molar-refractivity contribution is 0.0472. The smallest absolute Gasteiger partial charge is 0.371 e. The molecule has 3 aromatic rings. The molecule has 0 aliphatic rings. The third-order valence-electron chi connectivity index (χ3n) is 4.05. The summed E-state index contributed by atoms with van der Waals surface area (Å²) < 4.78 is 19.7. The van der Waals surface area contributed by atoms with Crippen LogP contribution in [0.4, 0.5) is 4.39 Å². The van der Waals surface area contributed by atoms with E-state index in [4.69, 9.17) is 9.57 Å². The van der Waals surface area contributed by atoms with E-state index in [-0.39, 0.29) is 28.9 Å². The highest BCUT2D eigenvalue weighted by molar-refractivity contribution is 5.98. The first kappa shape index (κ1) is 20.7. The van der Waals surface area contributed by atoms with Crippen molar-refractivity contribution < 1.29 is 23.6 Å². The Morgan fingerprint density at radius 2 is 1.70 bits per heavy atom. The molecule has 0 unspecified atom stereocenters. The lowest BCUT2D eigenvalue weighted by Gasteiger charge is -2.10. The third kappa shape index (κ3) is 4.35. The zero-order chi connectivity index (χ0) is 21.7. The van der Waals surface area contributed by atoms with Crippen molar-refractivity contribution in [3.63, 3.8) is 0 Å². The Hall–Kier alpha value is -4.01. The molecule has 0 saturated heterocycles. The Labute approximate surface area is 169 Å². The van der Waals surface area contributed by atoms with Crippen molar-refractivity contribution in [3.8, 4) is 0 Å². The van der Waals surface area contributed by atoms with Gasteiger partial charge < -0.3 is 9.57 Å². The second kappa shape index (κ2) is 8.99. The summed E-state index contributed by atoms with van der Waals surface area (Å²) in [7, 11) is 0. The molecule has 2 aromatic carbocycles. The Bertz CT molecular complexity index is 1200. The topological polar surface area (TPSA) is 96.6 Å². The summed E-state index contributed by atoms with van der Waals surface area (Å²) in [6.45, 7) is 1.58. The van der Waals surface area contributed by atoms with E-state index in [1.54, 1.807) is 31.2 Å². The number of esters is 1. The van der Waals surface area contributed by atoms with Gasteiger partial charge in [-0.15, -0.1) is 4.73 Å². The molecular formula is C21H17FN2O6. The summed E-state index contributed by atoms with van der Waals surface area (Å²) in [4.78, 5) is 54.3. The summed E-state index contributed by atoms with van der Waals surface area (Å²) in [5.74, 6) is -3.14. The van der Waals surface area contributed by atoms with Crippen molar-refractivity contribution in [1.29, 1.82) is 0 Å². The predicted molar refractivity (Wildman–Crippen MR) is 104 cm³/mol. The van der Waals surface area contributed by atoms with E-state index >= 15 is 0 Å². The number of ether oxygens (including phenoxy) is 1. The van der Waals surface area contributed by atoms with Gasteiger partial charge in [0.2, 0.25) is 5.82 Å². The van der Waals surface area contributed by atoms with Crippen molar-refractivity contribution >= 4 is 11.9 Å². The Kier molecular flexibility index (Phi) is 6.21. The van der Waals surface area contributed by atoms with Gasteiger partial charge in [-0.1, -0.05) is 36.4 Å². The minimum atomic E-state index is -1.42. The summed E-state index contributed by atoms with van der Waals surface area (Å²) in [5, 5.41) is 0. The number of carbonyl (C=O) groups excluding carboxylic acids is 2. The van der Waals surface area contributed by atoms with Gasteiger partial charge in [0.05, 0.1) is 11.8 Å². The second-order valence-corrected chi connectivity index (χ2v) is 6.09. The molecule has 0 atom stereocenters. The van der Waals surface area contributed by atoms with Crippen LogP contribution >= 0.6 is 0 Å². The van der Waals surface area contributed by atoms with Crippen LogP contribution in [0.3, 0.4) is 0 Å². The van der Waals surface area contributed by atoms with Crippen molar-refractivity contribution in [2.45, 2.75) is 13.5 Å². The molecule has 1 heterocycles. The van der Waals surface area contributed by atoms with Crippen LogP contribution in [0.25, 0.3) is 0 Å². The Balaban J connectivity index is 1.89. The molecule has 0 aliphatic carbocycles. The van der Waals surface area contributed by atoms with E-state index in [0.29, 0.717) is 10.9 Å². The number of aromatic nitrogens is 2. The van der Waals surface area contributed by atoms with E-state index in [9.17, 15) is 23.6 Å². The molecule has 0 amide bonds. The van der Waals surface area contributed by atoms with Gasteiger partial charge in [0.25, 0.3) is 11.5 Å². The molecule has 0 N–H and O–H groups in total. The van der Waals surface area contributed by atoms with E-state index in [0.717, 1.165) is 11.6 Å². The monoisotopic (exact) mass is 412 g/mol. The molecule has 1 aromatic heterocycles. The highest BCUT2D eigenvalue weighted by atomic mass is 19.1. The molecule has 0 fully saturated rings. The van der Waals surface area contributed by atoms with Crippen molar-refractivity contribution in [1.82, 2.24) is 9.30 Å². The molecule has 0 radical (unpaired) electrons. The second-order valence-electron chi connectivity index (χ2n) is 6.09. The van der Waals surface area contributed by atoms with Crippen LogP contribution in [0.5, 0.6) is 0 Å². The quantitative estimate of drug-likeness (QED) is 0.571. The average Bonchev–Trinajstić information content (AvgIpc) is 2.76. The van der Waals surface area contributed by atoms with Crippen LogP contribution in [0.2, 0.25) is 0 Å². The number of benzene rings is 2. The van der Waals surface area contributed by atoms with Gasteiger partial charge in [0.15, 0.2) is 0 Å². The summed E-state index contributed by atoms with van der Waals surface area (Å²) >= 11 is 0. The molecular weight excluding hydrogens is 395 g/mol. The molecule has 8 nitrogen and oxygen atoms in total. The van der Waals surface area contributed by atoms with Gasteiger partial charge in [0, 0.05) is 5.56 Å². The lowest BCUT2D eigenvalue weighted by Crippen LogP contribution is -2.46. The predicted octanol–water partition coefficient (Wildman–Crippen LogP) is 1.64. The average molecular weight is 412 g/mol. The minimum Gasteiger partial charge on any atom is -0.457 e. The van der Waals surface area contributed by atoms with Crippen LogP contribution in [-0.4, -0.2) is 27.8 Å². The highest BCUT2D eigenvalue weighted by Gasteiger charge is 2.21. The van der Waals surface area contributed by atoms with Crippen LogP contribution < -0.4 is 16.1 Å². The third-order valence-corrected chi connectivity index (χ3v) is 4.05. The Morgan fingerprint density at radius 3 is 2.40 bits per heavy atom.